The number of pyridine rings is 1. The highest BCUT2D eigenvalue weighted by Gasteiger charge is 2.09. The van der Waals surface area contributed by atoms with Crippen molar-refractivity contribution in [2.75, 3.05) is 11.9 Å². The molecule has 0 fully saturated rings. The molecule has 16 heavy (non-hydrogen) atoms. The van der Waals surface area contributed by atoms with Crippen molar-refractivity contribution in [1.82, 2.24) is 4.98 Å². The number of nitrogens with zero attached hydrogens (tertiary/aromatic N) is 1. The maximum atomic E-state index is 12.0. The van der Waals surface area contributed by atoms with Crippen LogP contribution in [0.25, 0.3) is 0 Å². The van der Waals surface area contributed by atoms with E-state index in [1.165, 1.54) is 12.1 Å². The standard InChI is InChI=1S/C10H12F2N2O2/c1-2-7-3-6(10(15)16)4-9(14-7)13-5-8(11)12/h3-4,8H,2,5H2,1H3,(H,13,14)(H,15,16). The second-order valence-electron chi connectivity index (χ2n) is 3.16. The number of hydrogen-bond acceptors (Lipinski definition) is 3. The van der Waals surface area contributed by atoms with E-state index in [-0.39, 0.29) is 11.4 Å². The largest absolute Gasteiger partial charge is 0.478 e. The average molecular weight is 230 g/mol. The fourth-order valence-corrected chi connectivity index (χ4v) is 1.16. The molecular weight excluding hydrogens is 218 g/mol. The molecule has 0 atom stereocenters. The van der Waals surface area contributed by atoms with Gasteiger partial charge in [0.15, 0.2) is 0 Å². The van der Waals surface area contributed by atoms with Crippen LogP contribution in [0.5, 0.6) is 0 Å². The Bertz CT molecular complexity index is 383. The molecule has 2 N–H and O–H groups in total. The van der Waals surface area contributed by atoms with Gasteiger partial charge in [0.1, 0.15) is 5.82 Å². The van der Waals surface area contributed by atoms with Crippen LogP contribution in [0.1, 0.15) is 23.0 Å². The summed E-state index contributed by atoms with van der Waals surface area (Å²) in [5.74, 6) is -0.936. The summed E-state index contributed by atoms with van der Waals surface area (Å²) >= 11 is 0. The van der Waals surface area contributed by atoms with Gasteiger partial charge in [-0.05, 0) is 18.6 Å². The first kappa shape index (κ1) is 12.4. The van der Waals surface area contributed by atoms with Crippen LogP contribution in [0.3, 0.4) is 0 Å². The maximum absolute atomic E-state index is 12.0. The van der Waals surface area contributed by atoms with Gasteiger partial charge in [0.2, 0.25) is 0 Å². The van der Waals surface area contributed by atoms with Crippen molar-refractivity contribution in [1.29, 1.82) is 0 Å². The van der Waals surface area contributed by atoms with Crippen LogP contribution in [0.4, 0.5) is 14.6 Å². The molecule has 0 unspecified atom stereocenters. The van der Waals surface area contributed by atoms with E-state index in [4.69, 9.17) is 5.11 Å². The minimum atomic E-state index is -2.50. The van der Waals surface area contributed by atoms with Gasteiger partial charge >= 0.3 is 5.97 Å². The lowest BCUT2D eigenvalue weighted by atomic mass is 10.2. The molecule has 1 aromatic rings. The lowest BCUT2D eigenvalue weighted by molar-refractivity contribution is 0.0696. The van der Waals surface area contributed by atoms with E-state index in [1.807, 2.05) is 6.92 Å². The molecule has 1 rings (SSSR count). The number of aromatic carboxylic acids is 1. The fourth-order valence-electron chi connectivity index (χ4n) is 1.16. The zero-order chi connectivity index (χ0) is 12.1. The number of nitrogens with one attached hydrogen (secondary N) is 1. The summed E-state index contributed by atoms with van der Waals surface area (Å²) in [6.45, 7) is 1.27. The van der Waals surface area contributed by atoms with Gasteiger partial charge < -0.3 is 10.4 Å². The summed E-state index contributed by atoms with van der Waals surface area (Å²) < 4.78 is 23.9. The Morgan fingerprint density at radius 3 is 2.75 bits per heavy atom. The molecule has 4 nitrogen and oxygen atoms in total. The maximum Gasteiger partial charge on any atom is 0.335 e. The van der Waals surface area contributed by atoms with Crippen LogP contribution in [-0.4, -0.2) is 29.0 Å². The van der Waals surface area contributed by atoms with Crippen LogP contribution in [-0.2, 0) is 6.42 Å². The van der Waals surface area contributed by atoms with Crippen molar-refractivity contribution in [3.05, 3.63) is 23.4 Å². The lowest BCUT2D eigenvalue weighted by Crippen LogP contribution is -2.12. The summed E-state index contributed by atoms with van der Waals surface area (Å²) in [5.41, 5.74) is 0.597. The smallest absolute Gasteiger partial charge is 0.335 e. The van der Waals surface area contributed by atoms with Gasteiger partial charge in [-0.15, -0.1) is 0 Å². The minimum Gasteiger partial charge on any atom is -0.478 e. The molecule has 88 valence electrons. The van der Waals surface area contributed by atoms with Crippen molar-refractivity contribution >= 4 is 11.8 Å². The molecule has 1 aromatic heterocycles. The average Bonchev–Trinajstić information content (AvgIpc) is 2.25. The quantitative estimate of drug-likeness (QED) is 0.812. The molecule has 0 spiro atoms. The Morgan fingerprint density at radius 2 is 2.25 bits per heavy atom. The van der Waals surface area contributed by atoms with Crippen molar-refractivity contribution in [2.24, 2.45) is 0 Å². The molecule has 0 bridgehead atoms. The SMILES string of the molecule is CCc1cc(C(=O)O)cc(NCC(F)F)n1. The van der Waals surface area contributed by atoms with Gasteiger partial charge in [-0.2, -0.15) is 0 Å². The molecule has 0 aromatic carbocycles. The molecular formula is C10H12F2N2O2. The van der Waals surface area contributed by atoms with Crippen molar-refractivity contribution in [3.63, 3.8) is 0 Å². The molecule has 6 heteroatoms. The van der Waals surface area contributed by atoms with E-state index in [0.29, 0.717) is 12.1 Å². The molecule has 0 aliphatic rings. The Hall–Kier alpha value is -1.72. The highest BCUT2D eigenvalue weighted by atomic mass is 19.3. The minimum absolute atomic E-state index is 0.0450. The van der Waals surface area contributed by atoms with Gasteiger partial charge in [-0.1, -0.05) is 6.92 Å². The number of hydrogen-bond donors (Lipinski definition) is 2. The number of alkyl halides is 2. The summed E-state index contributed by atoms with van der Waals surface area (Å²) in [6, 6.07) is 2.67. The number of aromatic nitrogens is 1. The first-order valence-corrected chi connectivity index (χ1v) is 4.79. The van der Waals surface area contributed by atoms with E-state index in [0.717, 1.165) is 0 Å². The number of halogens is 2. The van der Waals surface area contributed by atoms with Crippen LogP contribution in [0, 0.1) is 0 Å². The predicted molar refractivity (Wildman–Crippen MR) is 55.1 cm³/mol. The molecule has 1 heterocycles. The van der Waals surface area contributed by atoms with Crippen molar-refractivity contribution in [2.45, 2.75) is 19.8 Å². The third-order valence-corrected chi connectivity index (χ3v) is 1.93. The second kappa shape index (κ2) is 5.39. The third kappa shape index (κ3) is 3.45. The van der Waals surface area contributed by atoms with Crippen LogP contribution >= 0.6 is 0 Å². The molecule has 0 saturated heterocycles. The van der Waals surface area contributed by atoms with E-state index in [1.54, 1.807) is 0 Å². The zero-order valence-corrected chi connectivity index (χ0v) is 8.70. The van der Waals surface area contributed by atoms with Crippen LogP contribution in [0.2, 0.25) is 0 Å². The lowest BCUT2D eigenvalue weighted by Gasteiger charge is -2.07. The number of aryl methyl sites for hydroxylation is 1. The Labute approximate surface area is 91.3 Å². The van der Waals surface area contributed by atoms with Gasteiger partial charge in [-0.25, -0.2) is 18.6 Å². The van der Waals surface area contributed by atoms with Gasteiger partial charge in [0, 0.05) is 5.69 Å². The molecule has 0 aliphatic carbocycles. The second-order valence-corrected chi connectivity index (χ2v) is 3.16. The summed E-state index contributed by atoms with van der Waals surface area (Å²) in [5, 5.41) is 11.2. The molecule has 0 aliphatic heterocycles. The Kier molecular flexibility index (Phi) is 4.16. The van der Waals surface area contributed by atoms with Crippen molar-refractivity contribution in [3.8, 4) is 0 Å². The van der Waals surface area contributed by atoms with Crippen LogP contribution < -0.4 is 5.32 Å². The third-order valence-electron chi connectivity index (χ3n) is 1.93. The monoisotopic (exact) mass is 230 g/mol. The summed E-state index contributed by atoms with van der Waals surface area (Å²) in [4.78, 5) is 14.8. The number of rotatable bonds is 5. The Balaban J connectivity index is 2.90. The van der Waals surface area contributed by atoms with Crippen LogP contribution in [0.15, 0.2) is 12.1 Å². The van der Waals surface area contributed by atoms with Gasteiger partial charge in [0.25, 0.3) is 6.43 Å². The number of anilines is 1. The molecule has 0 saturated carbocycles. The Morgan fingerprint density at radius 1 is 1.56 bits per heavy atom. The van der Waals surface area contributed by atoms with E-state index in [9.17, 15) is 13.6 Å². The molecule has 0 amide bonds. The normalized spacial score (nSPS) is 10.5. The summed E-state index contributed by atoms with van der Waals surface area (Å²) in [6.07, 6.45) is -1.95. The number of carboxylic acid groups (broad SMARTS) is 1. The predicted octanol–water partition coefficient (Wildman–Crippen LogP) is 2.02. The molecule has 0 radical (unpaired) electrons. The fraction of sp³-hybridized carbons (Fsp3) is 0.400. The topological polar surface area (TPSA) is 62.2 Å². The highest BCUT2D eigenvalue weighted by molar-refractivity contribution is 5.88. The van der Waals surface area contributed by atoms with Gasteiger partial charge in [-0.3, -0.25) is 0 Å². The number of carbonyl (C=O) groups is 1. The van der Waals surface area contributed by atoms with E-state index >= 15 is 0 Å². The highest BCUT2D eigenvalue weighted by Crippen LogP contribution is 2.11. The zero-order valence-electron chi connectivity index (χ0n) is 8.70. The van der Waals surface area contributed by atoms with Crippen molar-refractivity contribution < 1.29 is 18.7 Å². The first-order chi connectivity index (χ1) is 7.52. The van der Waals surface area contributed by atoms with E-state index in [2.05, 4.69) is 10.3 Å². The van der Waals surface area contributed by atoms with E-state index < -0.39 is 18.9 Å². The summed E-state index contributed by atoms with van der Waals surface area (Å²) in [7, 11) is 0. The van der Waals surface area contributed by atoms with Gasteiger partial charge in [0.05, 0.1) is 12.1 Å². The number of carboxylic acids is 1. The first-order valence-electron chi connectivity index (χ1n) is 4.79.